The Labute approximate surface area is 172 Å². The van der Waals surface area contributed by atoms with E-state index in [0.717, 1.165) is 12.0 Å². The van der Waals surface area contributed by atoms with Gasteiger partial charge in [0.05, 0.1) is 19.1 Å². The maximum atomic E-state index is 12.8. The molecule has 0 fully saturated rings. The summed E-state index contributed by atoms with van der Waals surface area (Å²) in [6.07, 6.45) is 3.62. The van der Waals surface area contributed by atoms with Gasteiger partial charge in [0, 0.05) is 23.2 Å². The highest BCUT2D eigenvalue weighted by Crippen LogP contribution is 2.30. The number of amides is 2. The fourth-order valence-electron chi connectivity index (χ4n) is 3.44. The summed E-state index contributed by atoms with van der Waals surface area (Å²) in [5, 5.41) is 7.10. The molecular formula is C22H21N3O5. The molecule has 0 aliphatic heterocycles. The molecule has 0 atom stereocenters. The Balaban J connectivity index is 1.55. The minimum Gasteiger partial charge on any atom is -0.497 e. The zero-order chi connectivity index (χ0) is 21.1. The summed E-state index contributed by atoms with van der Waals surface area (Å²) in [6.45, 7) is 1.82. The summed E-state index contributed by atoms with van der Waals surface area (Å²) < 4.78 is 16.1. The van der Waals surface area contributed by atoms with Crippen LogP contribution in [0, 0.1) is 6.92 Å². The number of benzene rings is 1. The number of anilines is 1. The molecule has 0 spiro atoms. The fraction of sp³-hybridized carbons (Fsp3) is 0.227. The lowest BCUT2D eigenvalue weighted by molar-refractivity contribution is 0.0926. The zero-order valence-corrected chi connectivity index (χ0v) is 16.7. The lowest BCUT2D eigenvalue weighted by Crippen LogP contribution is -2.21. The number of carbonyl (C=O) groups is 2. The number of ether oxygens (including phenoxy) is 1. The average Bonchev–Trinajstić information content (AvgIpc) is 3.41. The van der Waals surface area contributed by atoms with E-state index < -0.39 is 5.91 Å². The third-order valence-electron chi connectivity index (χ3n) is 4.92. The maximum absolute atomic E-state index is 12.8. The number of nitrogens with one attached hydrogen (secondary N) is 2. The second-order valence-corrected chi connectivity index (χ2v) is 6.87. The number of fused-ring (bicyclic) bond motifs is 1. The first-order chi connectivity index (χ1) is 14.6. The van der Waals surface area contributed by atoms with E-state index in [1.165, 1.54) is 6.26 Å². The van der Waals surface area contributed by atoms with Crippen molar-refractivity contribution in [2.24, 2.45) is 5.10 Å². The van der Waals surface area contributed by atoms with E-state index in [1.807, 2.05) is 6.92 Å². The third kappa shape index (κ3) is 3.84. The topological polar surface area (TPSA) is 106 Å². The van der Waals surface area contributed by atoms with Gasteiger partial charge in [0.15, 0.2) is 11.5 Å². The first kappa shape index (κ1) is 19.5. The molecule has 2 aromatic heterocycles. The first-order valence-corrected chi connectivity index (χ1v) is 9.55. The molecule has 8 heteroatoms. The molecule has 154 valence electrons. The lowest BCUT2D eigenvalue weighted by Gasteiger charge is -2.13. The third-order valence-corrected chi connectivity index (χ3v) is 4.92. The summed E-state index contributed by atoms with van der Waals surface area (Å²) >= 11 is 0. The Morgan fingerprint density at radius 3 is 2.60 bits per heavy atom. The van der Waals surface area contributed by atoms with Crippen molar-refractivity contribution in [3.05, 3.63) is 71.1 Å². The molecule has 1 aromatic carbocycles. The van der Waals surface area contributed by atoms with Gasteiger partial charge >= 0.3 is 5.91 Å². The van der Waals surface area contributed by atoms with Crippen LogP contribution in [0.15, 0.2) is 56.6 Å². The van der Waals surface area contributed by atoms with Crippen LogP contribution in [0.1, 0.15) is 50.8 Å². The predicted octanol–water partition coefficient (Wildman–Crippen LogP) is 3.91. The number of aryl methyl sites for hydroxylation is 1. The van der Waals surface area contributed by atoms with E-state index >= 15 is 0 Å². The molecule has 2 amide bonds. The van der Waals surface area contributed by atoms with E-state index in [2.05, 4.69) is 15.8 Å². The molecular weight excluding hydrogens is 386 g/mol. The standard InChI is InChI=1S/C22H21N3O5/c1-13-19-16(24-25-21(26)18-7-4-12-29-18)5-3-6-17(19)30-20(13)22(27)23-14-8-10-15(28-2)11-9-14/h4,7-12H,3,5-6H2,1-2H3,(H,23,27)(H,25,26)/b24-16+. The van der Waals surface area contributed by atoms with E-state index in [0.29, 0.717) is 41.3 Å². The van der Waals surface area contributed by atoms with Gasteiger partial charge in [-0.05, 0) is 56.2 Å². The zero-order valence-electron chi connectivity index (χ0n) is 16.7. The highest BCUT2D eigenvalue weighted by atomic mass is 16.5. The molecule has 0 saturated carbocycles. The minimum atomic E-state index is -0.432. The van der Waals surface area contributed by atoms with Crippen molar-refractivity contribution in [3.8, 4) is 5.75 Å². The highest BCUT2D eigenvalue weighted by Gasteiger charge is 2.28. The number of carbonyl (C=O) groups excluding carboxylic acids is 2. The van der Waals surface area contributed by atoms with Gasteiger partial charge in [-0.25, -0.2) is 5.43 Å². The molecule has 0 bridgehead atoms. The number of methoxy groups -OCH3 is 1. The number of furan rings is 2. The van der Waals surface area contributed by atoms with Crippen LogP contribution in [0.5, 0.6) is 5.75 Å². The van der Waals surface area contributed by atoms with Crippen molar-refractivity contribution in [2.75, 3.05) is 12.4 Å². The monoisotopic (exact) mass is 407 g/mol. The molecule has 2 heterocycles. The summed E-state index contributed by atoms with van der Waals surface area (Å²) in [5.74, 6) is 1.05. The predicted molar refractivity (Wildman–Crippen MR) is 110 cm³/mol. The van der Waals surface area contributed by atoms with Crippen LogP contribution < -0.4 is 15.5 Å². The molecule has 0 saturated heterocycles. The van der Waals surface area contributed by atoms with Gasteiger partial charge in [0.25, 0.3) is 5.91 Å². The number of hydrogen-bond acceptors (Lipinski definition) is 6. The highest BCUT2D eigenvalue weighted by molar-refractivity contribution is 6.09. The molecule has 3 aromatic rings. The van der Waals surface area contributed by atoms with Crippen LogP contribution in [0.25, 0.3) is 0 Å². The number of hydrazone groups is 1. The van der Waals surface area contributed by atoms with Crippen molar-refractivity contribution >= 4 is 23.2 Å². The Morgan fingerprint density at radius 1 is 1.10 bits per heavy atom. The molecule has 8 nitrogen and oxygen atoms in total. The van der Waals surface area contributed by atoms with Gasteiger partial charge in [-0.3, -0.25) is 9.59 Å². The Hall–Kier alpha value is -3.81. The molecule has 2 N–H and O–H groups in total. The molecule has 30 heavy (non-hydrogen) atoms. The maximum Gasteiger partial charge on any atom is 0.307 e. The number of hydrogen-bond donors (Lipinski definition) is 2. The smallest absolute Gasteiger partial charge is 0.307 e. The Kier molecular flexibility index (Phi) is 5.38. The van der Waals surface area contributed by atoms with Crippen LogP contribution in [0.4, 0.5) is 5.69 Å². The van der Waals surface area contributed by atoms with Gasteiger partial charge in [-0.2, -0.15) is 5.10 Å². The van der Waals surface area contributed by atoms with Gasteiger partial charge in [-0.15, -0.1) is 0 Å². The van der Waals surface area contributed by atoms with Gasteiger partial charge in [-0.1, -0.05) is 0 Å². The van der Waals surface area contributed by atoms with Crippen molar-refractivity contribution in [3.63, 3.8) is 0 Å². The number of nitrogens with zero attached hydrogens (tertiary/aromatic N) is 1. The van der Waals surface area contributed by atoms with Gasteiger partial charge in [0.1, 0.15) is 11.5 Å². The van der Waals surface area contributed by atoms with Crippen LogP contribution in [-0.4, -0.2) is 24.6 Å². The van der Waals surface area contributed by atoms with Crippen molar-refractivity contribution in [1.29, 1.82) is 0 Å². The van der Waals surface area contributed by atoms with Crippen LogP contribution >= 0.6 is 0 Å². The van der Waals surface area contributed by atoms with E-state index in [4.69, 9.17) is 13.6 Å². The van der Waals surface area contributed by atoms with Crippen molar-refractivity contribution in [2.45, 2.75) is 26.2 Å². The van der Waals surface area contributed by atoms with Crippen molar-refractivity contribution in [1.82, 2.24) is 5.43 Å². The molecule has 1 aliphatic carbocycles. The molecule has 0 unspecified atom stereocenters. The second kappa shape index (κ2) is 8.28. The molecule has 1 aliphatic rings. The summed E-state index contributed by atoms with van der Waals surface area (Å²) in [6, 6.07) is 10.2. The van der Waals surface area contributed by atoms with Gasteiger partial charge < -0.3 is 18.9 Å². The largest absolute Gasteiger partial charge is 0.497 e. The molecule has 0 radical (unpaired) electrons. The fourth-order valence-corrected chi connectivity index (χ4v) is 3.44. The van der Waals surface area contributed by atoms with Gasteiger partial charge in [0.2, 0.25) is 0 Å². The summed E-state index contributed by atoms with van der Waals surface area (Å²) in [4.78, 5) is 24.9. The van der Waals surface area contributed by atoms with E-state index in [1.54, 1.807) is 43.5 Å². The van der Waals surface area contributed by atoms with Crippen LogP contribution in [0.2, 0.25) is 0 Å². The summed E-state index contributed by atoms with van der Waals surface area (Å²) in [7, 11) is 1.58. The normalized spacial score (nSPS) is 14.3. The lowest BCUT2D eigenvalue weighted by atomic mass is 9.93. The Morgan fingerprint density at radius 2 is 1.90 bits per heavy atom. The average molecular weight is 407 g/mol. The summed E-state index contributed by atoms with van der Waals surface area (Å²) in [5.41, 5.74) is 5.30. The SMILES string of the molecule is COc1ccc(NC(=O)c2oc3c(c2C)/C(=N/NC(=O)c2ccco2)CCC3)cc1. The molecule has 4 rings (SSSR count). The first-order valence-electron chi connectivity index (χ1n) is 9.55. The van der Waals surface area contributed by atoms with Crippen molar-refractivity contribution < 1.29 is 23.2 Å². The van der Waals surface area contributed by atoms with Crippen LogP contribution in [-0.2, 0) is 6.42 Å². The number of rotatable bonds is 5. The second-order valence-electron chi connectivity index (χ2n) is 6.87. The van der Waals surface area contributed by atoms with Crippen LogP contribution in [0.3, 0.4) is 0 Å². The minimum absolute atomic E-state index is 0.179. The van der Waals surface area contributed by atoms with E-state index in [9.17, 15) is 9.59 Å². The quantitative estimate of drug-likeness (QED) is 0.624. The Bertz CT molecular complexity index is 1090. The van der Waals surface area contributed by atoms with E-state index in [-0.39, 0.29) is 17.4 Å².